The maximum atomic E-state index is 13.4. The van der Waals surface area contributed by atoms with Gasteiger partial charge in [0.2, 0.25) is 5.91 Å². The number of benzene rings is 1. The molecule has 2 rings (SSSR count). The van der Waals surface area contributed by atoms with E-state index in [0.717, 1.165) is 19.4 Å². The fraction of sp³-hybridized carbons (Fsp3) is 0.462. The van der Waals surface area contributed by atoms with Crippen LogP contribution in [0.1, 0.15) is 24.5 Å². The van der Waals surface area contributed by atoms with Gasteiger partial charge < -0.3 is 15.7 Å². The number of rotatable bonds is 4. The SMILES string of the molecule is O=C(NC[C@@H](O)c1ccccc1F)[C@@H]1CCCN1. The number of nitrogens with one attached hydrogen (secondary N) is 2. The molecule has 4 nitrogen and oxygen atoms in total. The predicted octanol–water partition coefficient (Wildman–Crippen LogP) is 0.727. The average Bonchev–Trinajstić information content (AvgIpc) is 2.90. The molecular formula is C13H17FN2O2. The lowest BCUT2D eigenvalue weighted by Gasteiger charge is -2.15. The van der Waals surface area contributed by atoms with Crippen molar-refractivity contribution in [1.29, 1.82) is 0 Å². The van der Waals surface area contributed by atoms with Gasteiger partial charge in [-0.1, -0.05) is 18.2 Å². The highest BCUT2D eigenvalue weighted by Gasteiger charge is 2.22. The van der Waals surface area contributed by atoms with Crippen LogP contribution in [0.5, 0.6) is 0 Å². The van der Waals surface area contributed by atoms with Crippen molar-refractivity contribution >= 4 is 5.91 Å². The van der Waals surface area contributed by atoms with Gasteiger partial charge in [-0.15, -0.1) is 0 Å². The molecule has 1 saturated heterocycles. The van der Waals surface area contributed by atoms with Gasteiger partial charge in [0.15, 0.2) is 0 Å². The van der Waals surface area contributed by atoms with E-state index in [0.29, 0.717) is 0 Å². The third-order valence-corrected chi connectivity index (χ3v) is 3.11. The summed E-state index contributed by atoms with van der Waals surface area (Å²) in [5.41, 5.74) is 0.206. The van der Waals surface area contributed by atoms with Crippen molar-refractivity contribution in [3.8, 4) is 0 Å². The lowest BCUT2D eigenvalue weighted by Crippen LogP contribution is -2.41. The standard InChI is InChI=1S/C13H17FN2O2/c14-10-5-2-1-4-9(10)12(17)8-16-13(18)11-6-3-7-15-11/h1-2,4-5,11-12,15,17H,3,6-8H2,(H,16,18)/t11-,12+/m0/s1. The van der Waals surface area contributed by atoms with Gasteiger partial charge in [-0.25, -0.2) is 4.39 Å². The summed E-state index contributed by atoms with van der Waals surface area (Å²) < 4.78 is 13.4. The third kappa shape index (κ3) is 3.05. The van der Waals surface area contributed by atoms with E-state index in [-0.39, 0.29) is 24.1 Å². The van der Waals surface area contributed by atoms with E-state index >= 15 is 0 Å². The molecule has 1 amide bonds. The fourth-order valence-electron chi connectivity index (χ4n) is 2.08. The van der Waals surface area contributed by atoms with Gasteiger partial charge in [0.25, 0.3) is 0 Å². The van der Waals surface area contributed by atoms with Gasteiger partial charge in [0, 0.05) is 12.1 Å². The molecule has 1 fully saturated rings. The van der Waals surface area contributed by atoms with Crippen LogP contribution < -0.4 is 10.6 Å². The Kier molecular flexibility index (Phi) is 4.28. The van der Waals surface area contributed by atoms with E-state index in [1.54, 1.807) is 12.1 Å². The van der Waals surface area contributed by atoms with E-state index in [9.17, 15) is 14.3 Å². The van der Waals surface area contributed by atoms with Crippen LogP contribution >= 0.6 is 0 Å². The van der Waals surface area contributed by atoms with Crippen molar-refractivity contribution in [3.63, 3.8) is 0 Å². The number of hydrogen-bond donors (Lipinski definition) is 3. The largest absolute Gasteiger partial charge is 0.386 e. The third-order valence-electron chi connectivity index (χ3n) is 3.11. The highest BCUT2D eigenvalue weighted by molar-refractivity contribution is 5.82. The number of carbonyl (C=O) groups excluding carboxylic acids is 1. The molecule has 18 heavy (non-hydrogen) atoms. The zero-order valence-electron chi connectivity index (χ0n) is 10.0. The van der Waals surface area contributed by atoms with Crippen LogP contribution in [0.2, 0.25) is 0 Å². The van der Waals surface area contributed by atoms with Crippen LogP contribution in [0.3, 0.4) is 0 Å². The van der Waals surface area contributed by atoms with Crippen molar-refractivity contribution in [1.82, 2.24) is 10.6 Å². The van der Waals surface area contributed by atoms with E-state index < -0.39 is 11.9 Å². The molecule has 5 heteroatoms. The average molecular weight is 252 g/mol. The molecule has 0 spiro atoms. The second kappa shape index (κ2) is 5.93. The summed E-state index contributed by atoms with van der Waals surface area (Å²) in [6.45, 7) is 0.867. The number of carbonyl (C=O) groups is 1. The zero-order valence-corrected chi connectivity index (χ0v) is 10.0. The molecule has 1 aromatic rings. The van der Waals surface area contributed by atoms with E-state index in [4.69, 9.17) is 0 Å². The monoisotopic (exact) mass is 252 g/mol. The van der Waals surface area contributed by atoms with Crippen molar-refractivity contribution < 1.29 is 14.3 Å². The summed E-state index contributed by atoms with van der Waals surface area (Å²) >= 11 is 0. The summed E-state index contributed by atoms with van der Waals surface area (Å²) in [6, 6.07) is 5.84. The van der Waals surface area contributed by atoms with Crippen molar-refractivity contribution in [3.05, 3.63) is 35.6 Å². The molecule has 0 aromatic heterocycles. The smallest absolute Gasteiger partial charge is 0.237 e. The second-order valence-electron chi connectivity index (χ2n) is 4.43. The van der Waals surface area contributed by atoms with Crippen LogP contribution in [0.25, 0.3) is 0 Å². The molecule has 0 unspecified atom stereocenters. The molecule has 0 radical (unpaired) electrons. The Morgan fingerprint density at radius 1 is 1.56 bits per heavy atom. The fourth-order valence-corrected chi connectivity index (χ4v) is 2.08. The summed E-state index contributed by atoms with van der Waals surface area (Å²) in [7, 11) is 0. The van der Waals surface area contributed by atoms with E-state index in [2.05, 4.69) is 10.6 Å². The van der Waals surface area contributed by atoms with Gasteiger partial charge in [-0.3, -0.25) is 4.79 Å². The van der Waals surface area contributed by atoms with E-state index in [1.165, 1.54) is 12.1 Å². The number of halogens is 1. The maximum absolute atomic E-state index is 13.4. The van der Waals surface area contributed by atoms with Gasteiger partial charge in [-0.2, -0.15) is 0 Å². The minimum absolute atomic E-state index is 0.0257. The first-order valence-corrected chi connectivity index (χ1v) is 6.12. The van der Waals surface area contributed by atoms with Crippen LogP contribution in [0, 0.1) is 5.82 Å². The quantitative estimate of drug-likeness (QED) is 0.740. The normalized spacial score (nSPS) is 20.7. The Balaban J connectivity index is 1.86. The lowest BCUT2D eigenvalue weighted by atomic mass is 10.1. The minimum atomic E-state index is -1.02. The van der Waals surface area contributed by atoms with E-state index in [1.807, 2.05) is 0 Å². The zero-order chi connectivity index (χ0) is 13.0. The van der Waals surface area contributed by atoms with Crippen molar-refractivity contribution in [2.45, 2.75) is 25.0 Å². The summed E-state index contributed by atoms with van der Waals surface area (Å²) in [6.07, 6.45) is 0.770. The molecule has 0 saturated carbocycles. The molecular weight excluding hydrogens is 235 g/mol. The summed E-state index contributed by atoms with van der Waals surface area (Å²) in [5, 5.41) is 15.5. The Morgan fingerprint density at radius 3 is 3.00 bits per heavy atom. The molecule has 1 aliphatic rings. The number of aliphatic hydroxyl groups excluding tert-OH is 1. The van der Waals surface area contributed by atoms with Crippen LogP contribution in [0.4, 0.5) is 4.39 Å². The topological polar surface area (TPSA) is 61.4 Å². The first-order valence-electron chi connectivity index (χ1n) is 6.12. The lowest BCUT2D eigenvalue weighted by molar-refractivity contribution is -0.123. The molecule has 1 heterocycles. The molecule has 98 valence electrons. The first-order chi connectivity index (χ1) is 8.68. The van der Waals surface area contributed by atoms with Gasteiger partial charge in [-0.05, 0) is 25.5 Å². The number of aliphatic hydroxyl groups is 1. The highest BCUT2D eigenvalue weighted by atomic mass is 19.1. The van der Waals surface area contributed by atoms with Crippen molar-refractivity contribution in [2.75, 3.05) is 13.1 Å². The molecule has 3 N–H and O–H groups in total. The highest BCUT2D eigenvalue weighted by Crippen LogP contribution is 2.15. The molecule has 0 bridgehead atoms. The Labute approximate surface area is 105 Å². The number of hydrogen-bond acceptors (Lipinski definition) is 3. The Bertz CT molecular complexity index is 419. The second-order valence-corrected chi connectivity index (χ2v) is 4.43. The van der Waals surface area contributed by atoms with Crippen LogP contribution in [0.15, 0.2) is 24.3 Å². The molecule has 1 aliphatic heterocycles. The van der Waals surface area contributed by atoms with Gasteiger partial charge in [0.05, 0.1) is 12.1 Å². The maximum Gasteiger partial charge on any atom is 0.237 e. The van der Waals surface area contributed by atoms with Crippen molar-refractivity contribution in [2.24, 2.45) is 0 Å². The van der Waals surface area contributed by atoms with Gasteiger partial charge in [0.1, 0.15) is 5.82 Å². The first kappa shape index (κ1) is 13.0. The van der Waals surface area contributed by atoms with Crippen LogP contribution in [-0.4, -0.2) is 30.1 Å². The predicted molar refractivity (Wildman–Crippen MR) is 65.4 cm³/mol. The number of amides is 1. The van der Waals surface area contributed by atoms with Gasteiger partial charge >= 0.3 is 0 Å². The molecule has 2 atom stereocenters. The molecule has 1 aromatic carbocycles. The summed E-state index contributed by atoms with van der Waals surface area (Å²) in [4.78, 5) is 11.7. The molecule has 0 aliphatic carbocycles. The Morgan fingerprint density at radius 2 is 2.33 bits per heavy atom. The Hall–Kier alpha value is -1.46. The minimum Gasteiger partial charge on any atom is -0.386 e. The summed E-state index contributed by atoms with van der Waals surface area (Å²) in [5.74, 6) is -0.596. The van der Waals surface area contributed by atoms with Crippen LogP contribution in [-0.2, 0) is 4.79 Å².